The summed E-state index contributed by atoms with van der Waals surface area (Å²) in [5.74, 6) is 0.554. The molecule has 0 saturated carbocycles. The fraction of sp³-hybridized carbons (Fsp3) is 0.333. The predicted octanol–water partition coefficient (Wildman–Crippen LogP) is 1.79. The lowest BCUT2D eigenvalue weighted by Crippen LogP contribution is -2.20. The molecule has 0 atom stereocenters. The van der Waals surface area contributed by atoms with Gasteiger partial charge in [0.2, 0.25) is 0 Å². The van der Waals surface area contributed by atoms with Gasteiger partial charge in [-0.15, -0.1) is 21.5 Å². The predicted molar refractivity (Wildman–Crippen MR) is 73.5 cm³/mol. The number of rotatable bonds is 3. The van der Waals surface area contributed by atoms with Gasteiger partial charge in [-0.05, 0) is 25.0 Å². The normalized spacial score (nSPS) is 14.6. The van der Waals surface area contributed by atoms with Gasteiger partial charge in [0.1, 0.15) is 0 Å². The minimum absolute atomic E-state index is 0.282. The average Bonchev–Trinajstić information content (AvgIpc) is 3.12. The van der Waals surface area contributed by atoms with E-state index in [0.29, 0.717) is 10.8 Å². The molecule has 1 aliphatic heterocycles. The molecule has 1 fully saturated rings. The third kappa shape index (κ3) is 2.70. The number of thiazole rings is 1. The molecule has 1 amide bonds. The van der Waals surface area contributed by atoms with Crippen LogP contribution < -0.4 is 10.2 Å². The Morgan fingerprint density at radius 3 is 2.74 bits per heavy atom. The first-order valence-corrected chi connectivity index (χ1v) is 7.00. The highest BCUT2D eigenvalue weighted by atomic mass is 32.1. The summed E-state index contributed by atoms with van der Waals surface area (Å²) in [6, 6.07) is 3.54. The number of amides is 1. The summed E-state index contributed by atoms with van der Waals surface area (Å²) >= 11 is 1.37. The molecule has 0 unspecified atom stereocenters. The van der Waals surface area contributed by atoms with Gasteiger partial charge in [-0.3, -0.25) is 10.1 Å². The van der Waals surface area contributed by atoms with Gasteiger partial charge in [-0.1, -0.05) is 0 Å². The van der Waals surface area contributed by atoms with Crippen molar-refractivity contribution in [2.75, 3.05) is 23.3 Å². The Hall–Kier alpha value is -2.02. The van der Waals surface area contributed by atoms with Crippen LogP contribution in [0, 0.1) is 0 Å². The molecule has 2 aromatic heterocycles. The molecular weight excluding hydrogens is 262 g/mol. The van der Waals surface area contributed by atoms with Crippen molar-refractivity contribution in [2.45, 2.75) is 12.8 Å². The van der Waals surface area contributed by atoms with Gasteiger partial charge in [0, 0.05) is 24.7 Å². The molecule has 0 aromatic carbocycles. The van der Waals surface area contributed by atoms with Gasteiger partial charge < -0.3 is 4.90 Å². The second-order valence-corrected chi connectivity index (χ2v) is 5.16. The van der Waals surface area contributed by atoms with Gasteiger partial charge in [-0.25, -0.2) is 4.98 Å². The smallest absolute Gasteiger partial charge is 0.277 e. The third-order valence-electron chi connectivity index (χ3n) is 2.97. The lowest BCUT2D eigenvalue weighted by Gasteiger charge is -2.14. The van der Waals surface area contributed by atoms with Crippen LogP contribution in [0.3, 0.4) is 0 Å². The molecule has 0 aliphatic carbocycles. The van der Waals surface area contributed by atoms with E-state index >= 15 is 0 Å². The monoisotopic (exact) mass is 275 g/mol. The van der Waals surface area contributed by atoms with E-state index in [9.17, 15) is 4.79 Å². The van der Waals surface area contributed by atoms with Crippen LogP contribution in [0.25, 0.3) is 0 Å². The minimum atomic E-state index is -0.282. The van der Waals surface area contributed by atoms with Crippen molar-refractivity contribution in [3.63, 3.8) is 0 Å². The standard InChI is InChI=1S/C12H13N5OS/c18-11(14-12-13-5-8-19-12)9-3-4-10(16-15-9)17-6-1-2-7-17/h3-5,8H,1-2,6-7H2,(H,13,14,18). The Morgan fingerprint density at radius 1 is 1.26 bits per heavy atom. The zero-order chi connectivity index (χ0) is 13.1. The quantitative estimate of drug-likeness (QED) is 0.924. The molecule has 1 saturated heterocycles. The second kappa shape index (κ2) is 5.31. The highest BCUT2D eigenvalue weighted by molar-refractivity contribution is 7.13. The summed E-state index contributed by atoms with van der Waals surface area (Å²) in [5.41, 5.74) is 0.304. The average molecular weight is 275 g/mol. The van der Waals surface area contributed by atoms with Crippen LogP contribution in [0.2, 0.25) is 0 Å². The van der Waals surface area contributed by atoms with Crippen LogP contribution >= 0.6 is 11.3 Å². The van der Waals surface area contributed by atoms with Crippen LogP contribution in [0.4, 0.5) is 10.9 Å². The molecule has 0 bridgehead atoms. The largest absolute Gasteiger partial charge is 0.355 e. The lowest BCUT2D eigenvalue weighted by molar-refractivity contribution is 0.102. The van der Waals surface area contributed by atoms with Crippen LogP contribution in [0.1, 0.15) is 23.3 Å². The SMILES string of the molecule is O=C(Nc1nccs1)c1ccc(N2CCCC2)nn1. The molecule has 3 rings (SSSR count). The van der Waals surface area contributed by atoms with Crippen molar-refractivity contribution in [1.29, 1.82) is 0 Å². The summed E-state index contributed by atoms with van der Waals surface area (Å²) in [5, 5.41) is 13.1. The number of carbonyl (C=O) groups excluding carboxylic acids is 1. The number of anilines is 2. The number of hydrogen-bond donors (Lipinski definition) is 1. The van der Waals surface area contributed by atoms with Crippen LogP contribution in [0.15, 0.2) is 23.7 Å². The van der Waals surface area contributed by atoms with Gasteiger partial charge in [-0.2, -0.15) is 0 Å². The molecule has 98 valence electrons. The summed E-state index contributed by atoms with van der Waals surface area (Å²) in [7, 11) is 0. The molecule has 6 nitrogen and oxygen atoms in total. The Bertz CT molecular complexity index is 548. The molecule has 7 heteroatoms. The Labute approximate surface area is 114 Å². The molecule has 0 radical (unpaired) electrons. The van der Waals surface area contributed by atoms with Crippen LogP contribution in [-0.4, -0.2) is 34.2 Å². The van der Waals surface area contributed by atoms with Crippen molar-refractivity contribution in [3.8, 4) is 0 Å². The summed E-state index contributed by atoms with van der Waals surface area (Å²) in [4.78, 5) is 18.1. The van der Waals surface area contributed by atoms with Crippen molar-refractivity contribution < 1.29 is 4.79 Å². The van der Waals surface area contributed by atoms with Gasteiger partial charge >= 0.3 is 0 Å². The first-order valence-electron chi connectivity index (χ1n) is 6.12. The maximum Gasteiger partial charge on any atom is 0.277 e. The molecule has 2 aromatic rings. The van der Waals surface area contributed by atoms with E-state index in [1.807, 2.05) is 6.07 Å². The van der Waals surface area contributed by atoms with Gasteiger partial charge in [0.05, 0.1) is 0 Å². The molecule has 0 spiro atoms. The van der Waals surface area contributed by atoms with E-state index in [2.05, 4.69) is 25.4 Å². The van der Waals surface area contributed by atoms with E-state index in [1.165, 1.54) is 24.2 Å². The fourth-order valence-electron chi connectivity index (χ4n) is 2.01. The third-order valence-corrected chi connectivity index (χ3v) is 3.65. The zero-order valence-corrected chi connectivity index (χ0v) is 11.1. The number of nitrogens with one attached hydrogen (secondary N) is 1. The van der Waals surface area contributed by atoms with Gasteiger partial charge in [0.25, 0.3) is 5.91 Å². The highest BCUT2D eigenvalue weighted by Crippen LogP contribution is 2.17. The van der Waals surface area contributed by atoms with Crippen molar-refractivity contribution in [3.05, 3.63) is 29.4 Å². The number of nitrogens with zero attached hydrogens (tertiary/aromatic N) is 4. The number of carbonyl (C=O) groups is 1. The van der Waals surface area contributed by atoms with E-state index in [0.717, 1.165) is 18.9 Å². The summed E-state index contributed by atoms with van der Waals surface area (Å²) in [6.07, 6.45) is 4.02. The minimum Gasteiger partial charge on any atom is -0.355 e. The van der Waals surface area contributed by atoms with Crippen LogP contribution in [-0.2, 0) is 0 Å². The van der Waals surface area contributed by atoms with E-state index in [-0.39, 0.29) is 5.91 Å². The fourth-order valence-corrected chi connectivity index (χ4v) is 2.53. The number of aromatic nitrogens is 3. The summed E-state index contributed by atoms with van der Waals surface area (Å²) < 4.78 is 0. The van der Waals surface area contributed by atoms with E-state index < -0.39 is 0 Å². The molecule has 1 N–H and O–H groups in total. The molecule has 19 heavy (non-hydrogen) atoms. The first-order chi connectivity index (χ1) is 9.33. The van der Waals surface area contributed by atoms with Gasteiger partial charge in [0.15, 0.2) is 16.6 Å². The first kappa shape index (κ1) is 12.0. The molecular formula is C12H13N5OS. The summed E-state index contributed by atoms with van der Waals surface area (Å²) in [6.45, 7) is 2.03. The van der Waals surface area contributed by atoms with Crippen molar-refractivity contribution in [1.82, 2.24) is 15.2 Å². The van der Waals surface area contributed by atoms with Crippen LogP contribution in [0.5, 0.6) is 0 Å². The van der Waals surface area contributed by atoms with E-state index in [1.54, 1.807) is 17.6 Å². The Balaban J connectivity index is 1.69. The van der Waals surface area contributed by atoms with Crippen molar-refractivity contribution in [2.24, 2.45) is 0 Å². The number of hydrogen-bond acceptors (Lipinski definition) is 6. The maximum atomic E-state index is 11.9. The Morgan fingerprint density at radius 2 is 2.11 bits per heavy atom. The zero-order valence-electron chi connectivity index (χ0n) is 10.2. The van der Waals surface area contributed by atoms with E-state index in [4.69, 9.17) is 0 Å². The van der Waals surface area contributed by atoms with Crippen molar-refractivity contribution >= 4 is 28.2 Å². The topological polar surface area (TPSA) is 71.0 Å². The second-order valence-electron chi connectivity index (χ2n) is 4.26. The Kier molecular flexibility index (Phi) is 3.37. The molecule has 3 heterocycles. The maximum absolute atomic E-state index is 11.9. The molecule has 1 aliphatic rings. The lowest BCUT2D eigenvalue weighted by atomic mass is 10.3. The highest BCUT2D eigenvalue weighted by Gasteiger charge is 2.15.